The van der Waals surface area contributed by atoms with Gasteiger partial charge in [-0.2, -0.15) is 0 Å². The van der Waals surface area contributed by atoms with Gasteiger partial charge < -0.3 is 20.3 Å². The molecule has 0 aliphatic heterocycles. The molecule has 0 aliphatic carbocycles. The Labute approximate surface area is 119 Å². The number of phenols is 1. The largest absolute Gasteiger partial charge is 0.507 e. The van der Waals surface area contributed by atoms with Crippen LogP contribution in [0.5, 0.6) is 11.5 Å². The topological polar surface area (TPSA) is 61.7 Å². The van der Waals surface area contributed by atoms with Crippen molar-refractivity contribution < 1.29 is 14.9 Å². The normalized spacial score (nSPS) is 12.8. The maximum Gasteiger partial charge on any atom is 0.130 e. The maximum absolute atomic E-state index is 9.94. The zero-order chi connectivity index (χ0) is 14.5. The van der Waals surface area contributed by atoms with E-state index in [1.54, 1.807) is 18.2 Å². The molecule has 3 N–H and O–H groups in total. The Bertz CT molecular complexity index is 563. The van der Waals surface area contributed by atoms with E-state index in [9.17, 15) is 10.2 Å². The Morgan fingerprint density at radius 2 is 1.85 bits per heavy atom. The summed E-state index contributed by atoms with van der Waals surface area (Å²) in [5, 5.41) is 24.5. The monoisotopic (exact) mass is 275 g/mol. The Balaban J connectivity index is 2.06. The first-order valence-corrected chi connectivity index (χ1v) is 6.83. The van der Waals surface area contributed by atoms with Crippen LogP contribution in [0, 0.1) is 0 Å². The summed E-state index contributed by atoms with van der Waals surface area (Å²) in [6.07, 6.45) is -0.585. The lowest BCUT2D eigenvalue weighted by molar-refractivity contribution is 0.105. The summed E-state index contributed by atoms with van der Waals surface area (Å²) < 4.78 is 5.64. The van der Waals surface area contributed by atoms with E-state index in [1.165, 1.54) is 0 Å². The lowest BCUT2D eigenvalue weighted by atomic mass is 10.1. The second-order valence-corrected chi connectivity index (χ2v) is 5.16. The van der Waals surface area contributed by atoms with Gasteiger partial charge in [0.05, 0.1) is 5.39 Å². The van der Waals surface area contributed by atoms with Gasteiger partial charge in [-0.3, -0.25) is 0 Å². The Kier molecular flexibility index (Phi) is 4.82. The SMILES string of the molecule is CC(C)NC[C@@H](O)COc1cccc2cccc(O)c12. The summed E-state index contributed by atoms with van der Waals surface area (Å²) in [5.74, 6) is 0.775. The molecule has 0 unspecified atom stereocenters. The minimum Gasteiger partial charge on any atom is -0.507 e. The zero-order valence-corrected chi connectivity index (χ0v) is 11.8. The van der Waals surface area contributed by atoms with Crippen LogP contribution in [0.15, 0.2) is 36.4 Å². The van der Waals surface area contributed by atoms with Crippen molar-refractivity contribution in [3.63, 3.8) is 0 Å². The summed E-state index contributed by atoms with van der Waals surface area (Å²) >= 11 is 0. The second-order valence-electron chi connectivity index (χ2n) is 5.16. The third kappa shape index (κ3) is 3.62. The number of fused-ring (bicyclic) bond motifs is 1. The van der Waals surface area contributed by atoms with Crippen molar-refractivity contribution in [2.75, 3.05) is 13.2 Å². The van der Waals surface area contributed by atoms with Crippen molar-refractivity contribution in [2.45, 2.75) is 26.0 Å². The fourth-order valence-corrected chi connectivity index (χ4v) is 2.02. The third-order valence-electron chi connectivity index (χ3n) is 3.04. The second kappa shape index (κ2) is 6.59. The van der Waals surface area contributed by atoms with Crippen LogP contribution in [-0.4, -0.2) is 35.5 Å². The predicted octanol–water partition coefficient (Wildman–Crippen LogP) is 2.28. The molecule has 4 heteroatoms. The van der Waals surface area contributed by atoms with E-state index in [0.717, 1.165) is 5.39 Å². The molecule has 0 radical (unpaired) electrons. The number of rotatable bonds is 6. The van der Waals surface area contributed by atoms with Crippen LogP contribution in [-0.2, 0) is 0 Å². The van der Waals surface area contributed by atoms with Gasteiger partial charge in [0.2, 0.25) is 0 Å². The van der Waals surface area contributed by atoms with Crippen LogP contribution in [0.4, 0.5) is 0 Å². The Morgan fingerprint density at radius 1 is 1.15 bits per heavy atom. The maximum atomic E-state index is 9.94. The van der Waals surface area contributed by atoms with E-state index in [4.69, 9.17) is 4.74 Å². The van der Waals surface area contributed by atoms with Crippen molar-refractivity contribution in [3.05, 3.63) is 36.4 Å². The number of nitrogens with one attached hydrogen (secondary N) is 1. The van der Waals surface area contributed by atoms with Gasteiger partial charge in [-0.15, -0.1) is 0 Å². The lowest BCUT2D eigenvalue weighted by Gasteiger charge is -2.16. The Hall–Kier alpha value is -1.78. The van der Waals surface area contributed by atoms with Gasteiger partial charge in [0.1, 0.15) is 24.2 Å². The molecular formula is C16H21NO3. The first-order chi connectivity index (χ1) is 9.58. The molecule has 2 aromatic carbocycles. The molecule has 4 nitrogen and oxygen atoms in total. The highest BCUT2D eigenvalue weighted by atomic mass is 16.5. The summed E-state index contributed by atoms with van der Waals surface area (Å²) in [7, 11) is 0. The molecule has 1 atom stereocenters. The van der Waals surface area contributed by atoms with Crippen molar-refractivity contribution in [3.8, 4) is 11.5 Å². The Morgan fingerprint density at radius 3 is 2.55 bits per heavy atom. The quantitative estimate of drug-likeness (QED) is 0.757. The molecule has 2 rings (SSSR count). The molecule has 0 saturated heterocycles. The summed E-state index contributed by atoms with van der Waals surface area (Å²) in [6.45, 7) is 4.72. The number of hydrogen-bond donors (Lipinski definition) is 3. The van der Waals surface area contributed by atoms with E-state index < -0.39 is 6.10 Å². The minimum absolute atomic E-state index is 0.188. The van der Waals surface area contributed by atoms with Gasteiger partial charge in [-0.25, -0.2) is 0 Å². The molecule has 0 heterocycles. The summed E-state index contributed by atoms with van der Waals surface area (Å²) in [6, 6.07) is 11.2. The molecule has 20 heavy (non-hydrogen) atoms. The molecule has 0 saturated carbocycles. The van der Waals surface area contributed by atoms with E-state index in [1.807, 2.05) is 32.0 Å². The van der Waals surface area contributed by atoms with Gasteiger partial charge in [0, 0.05) is 12.6 Å². The highest BCUT2D eigenvalue weighted by molar-refractivity contribution is 5.93. The fraction of sp³-hybridized carbons (Fsp3) is 0.375. The van der Waals surface area contributed by atoms with Gasteiger partial charge >= 0.3 is 0 Å². The number of benzene rings is 2. The van der Waals surface area contributed by atoms with Gasteiger partial charge in [0.15, 0.2) is 0 Å². The smallest absolute Gasteiger partial charge is 0.130 e. The number of aromatic hydroxyl groups is 1. The number of ether oxygens (including phenoxy) is 1. The standard InChI is InChI=1S/C16H21NO3/c1-11(2)17-9-13(18)10-20-15-8-4-6-12-5-3-7-14(19)16(12)15/h3-8,11,13,17-19H,9-10H2,1-2H3/t13-/m1/s1. The van der Waals surface area contributed by atoms with Crippen LogP contribution in [0.25, 0.3) is 10.8 Å². The molecular weight excluding hydrogens is 254 g/mol. The molecule has 108 valence electrons. The highest BCUT2D eigenvalue weighted by Gasteiger charge is 2.10. The predicted molar refractivity (Wildman–Crippen MR) is 80.3 cm³/mol. The first-order valence-electron chi connectivity index (χ1n) is 6.83. The molecule has 0 aliphatic rings. The van der Waals surface area contributed by atoms with Crippen molar-refractivity contribution in [1.82, 2.24) is 5.32 Å². The summed E-state index contributed by atoms with van der Waals surface area (Å²) in [4.78, 5) is 0. The van der Waals surface area contributed by atoms with Crippen LogP contribution in [0.1, 0.15) is 13.8 Å². The fourth-order valence-electron chi connectivity index (χ4n) is 2.02. The molecule has 0 amide bonds. The summed E-state index contributed by atoms with van der Waals surface area (Å²) in [5.41, 5.74) is 0. The van der Waals surface area contributed by atoms with E-state index in [2.05, 4.69) is 5.32 Å². The molecule has 0 spiro atoms. The van der Waals surface area contributed by atoms with Gasteiger partial charge in [0.25, 0.3) is 0 Å². The molecule has 0 bridgehead atoms. The number of aliphatic hydroxyl groups is 1. The highest BCUT2D eigenvalue weighted by Crippen LogP contribution is 2.32. The number of hydrogen-bond acceptors (Lipinski definition) is 4. The third-order valence-corrected chi connectivity index (χ3v) is 3.04. The number of phenolic OH excluding ortho intramolecular Hbond substituents is 1. The van der Waals surface area contributed by atoms with Crippen LogP contribution in [0.3, 0.4) is 0 Å². The van der Waals surface area contributed by atoms with Crippen LogP contribution in [0.2, 0.25) is 0 Å². The molecule has 2 aromatic rings. The van der Waals surface area contributed by atoms with E-state index in [0.29, 0.717) is 23.7 Å². The van der Waals surface area contributed by atoms with Crippen molar-refractivity contribution >= 4 is 10.8 Å². The van der Waals surface area contributed by atoms with Crippen molar-refractivity contribution in [2.24, 2.45) is 0 Å². The van der Waals surface area contributed by atoms with Crippen LogP contribution >= 0.6 is 0 Å². The minimum atomic E-state index is -0.585. The zero-order valence-electron chi connectivity index (χ0n) is 11.8. The molecule has 0 aromatic heterocycles. The average Bonchev–Trinajstić information content (AvgIpc) is 2.43. The number of aliphatic hydroxyl groups excluding tert-OH is 1. The van der Waals surface area contributed by atoms with Gasteiger partial charge in [-0.05, 0) is 17.5 Å². The van der Waals surface area contributed by atoms with Crippen LogP contribution < -0.4 is 10.1 Å². The lowest BCUT2D eigenvalue weighted by Crippen LogP contribution is -2.35. The van der Waals surface area contributed by atoms with Crippen molar-refractivity contribution in [1.29, 1.82) is 0 Å². The first kappa shape index (κ1) is 14.6. The average molecular weight is 275 g/mol. The van der Waals surface area contributed by atoms with Gasteiger partial charge in [-0.1, -0.05) is 38.1 Å². The van der Waals surface area contributed by atoms with E-state index in [-0.39, 0.29) is 12.4 Å². The van der Waals surface area contributed by atoms with E-state index >= 15 is 0 Å². The molecule has 0 fully saturated rings.